The second-order valence-electron chi connectivity index (χ2n) is 21.4. The highest BCUT2D eigenvalue weighted by molar-refractivity contribution is 7.87. The normalized spacial score (nSPS) is 18.5. The van der Waals surface area contributed by atoms with E-state index in [0.717, 1.165) is 5.56 Å². The third kappa shape index (κ3) is 12.2. The van der Waals surface area contributed by atoms with Gasteiger partial charge in [0.2, 0.25) is 5.88 Å². The summed E-state index contributed by atoms with van der Waals surface area (Å²) < 4.78 is 63.6. The van der Waals surface area contributed by atoms with E-state index < -0.39 is 67.8 Å². The molecule has 1 aliphatic heterocycles. The SMILES string of the molecule is CC(C)c1cc(C(C)C)c(S(=O)(=O)Oc2nc(=O)n([C@H]3C[C@H](O[Si](C)(C)C(C)(C)C)[C@@H](CO[Si](C)(C)C(C)(C)C)O3)cc2CO[C@H](c2ccccc2[N+](=O)[O-])C(C)C)c(C(C)C)c1. The van der Waals surface area contributed by atoms with Crippen molar-refractivity contribution in [2.45, 2.75) is 193 Å². The second-order valence-corrected chi connectivity index (χ2v) is 32.5. The average Bonchev–Trinajstić information content (AvgIpc) is 3.54. The summed E-state index contributed by atoms with van der Waals surface area (Å²) >= 11 is 0. The standard InChI is InChI=1S/C47H75N3O10SSi2/c1-29(2)33-23-36(30(3)4)43(37(24-33)31(5)6)61(54,55)59-44-34(27-56-42(32(7)8)35-21-19-20-22-38(35)50(52)53)26-49(45(51)48-44)41-25-39(60-63(17,18)47(12,13)14)40(58-41)28-57-62(15,16)46(9,10)11/h19-24,26,29-32,39-42H,25,27-28H2,1-18H3/t39-,40+,41+,42-/m0/s1. The third-order valence-electron chi connectivity index (χ3n) is 13.1. The van der Waals surface area contributed by atoms with Crippen molar-refractivity contribution in [3.8, 4) is 5.88 Å². The van der Waals surface area contributed by atoms with Gasteiger partial charge in [0.25, 0.3) is 5.69 Å². The molecule has 0 radical (unpaired) electrons. The lowest BCUT2D eigenvalue weighted by atomic mass is 9.89. The van der Waals surface area contributed by atoms with Crippen LogP contribution < -0.4 is 9.87 Å². The van der Waals surface area contributed by atoms with E-state index in [4.69, 9.17) is 22.5 Å². The van der Waals surface area contributed by atoms with Crippen molar-refractivity contribution in [2.24, 2.45) is 5.92 Å². The number of aromatic nitrogens is 2. The van der Waals surface area contributed by atoms with Gasteiger partial charge in [0.15, 0.2) is 16.6 Å². The molecule has 4 rings (SSSR count). The fourth-order valence-electron chi connectivity index (χ4n) is 7.12. The second kappa shape index (κ2) is 19.7. The van der Waals surface area contributed by atoms with Crippen molar-refractivity contribution in [2.75, 3.05) is 6.61 Å². The lowest BCUT2D eigenvalue weighted by Crippen LogP contribution is -2.48. The summed E-state index contributed by atoms with van der Waals surface area (Å²) in [5, 5.41) is 12.0. The van der Waals surface area contributed by atoms with Crippen molar-refractivity contribution >= 4 is 32.4 Å². The Balaban J connectivity index is 1.89. The summed E-state index contributed by atoms with van der Waals surface area (Å²) in [6.45, 7) is 37.3. The van der Waals surface area contributed by atoms with Crippen molar-refractivity contribution in [1.82, 2.24) is 9.55 Å². The molecule has 16 heteroatoms. The number of hydrogen-bond acceptors (Lipinski definition) is 11. The van der Waals surface area contributed by atoms with Crippen molar-refractivity contribution in [3.05, 3.63) is 91.0 Å². The number of ether oxygens (including phenoxy) is 2. The van der Waals surface area contributed by atoms with Gasteiger partial charge in [0.05, 0.1) is 41.5 Å². The molecule has 13 nitrogen and oxygen atoms in total. The molecule has 352 valence electrons. The highest BCUT2D eigenvalue weighted by Gasteiger charge is 2.47. The van der Waals surface area contributed by atoms with E-state index in [2.05, 4.69) is 86.6 Å². The van der Waals surface area contributed by atoms with Crippen LogP contribution in [0.5, 0.6) is 5.88 Å². The van der Waals surface area contributed by atoms with Crippen LogP contribution in [0.2, 0.25) is 36.3 Å². The van der Waals surface area contributed by atoms with Crippen LogP contribution in [0, 0.1) is 16.0 Å². The largest absolute Gasteiger partial charge is 0.414 e. The Labute approximate surface area is 379 Å². The smallest absolute Gasteiger partial charge is 0.353 e. The van der Waals surface area contributed by atoms with Crippen molar-refractivity contribution in [1.29, 1.82) is 0 Å². The van der Waals surface area contributed by atoms with E-state index >= 15 is 0 Å². The summed E-state index contributed by atoms with van der Waals surface area (Å²) in [6.07, 6.45) is -0.774. The molecule has 1 aliphatic rings. The first-order valence-electron chi connectivity index (χ1n) is 22.4. The quantitative estimate of drug-likeness (QED) is 0.0517. The molecule has 2 heterocycles. The van der Waals surface area contributed by atoms with Gasteiger partial charge in [-0.1, -0.05) is 121 Å². The number of rotatable bonds is 18. The monoisotopic (exact) mass is 929 g/mol. The molecule has 1 saturated heterocycles. The molecule has 4 atom stereocenters. The third-order valence-corrected chi connectivity index (χ3v) is 23.5. The minimum absolute atomic E-state index is 0.0454. The highest BCUT2D eigenvalue weighted by atomic mass is 32.2. The van der Waals surface area contributed by atoms with Crippen molar-refractivity contribution in [3.63, 3.8) is 0 Å². The molecule has 3 aromatic rings. The maximum atomic E-state index is 14.7. The fourth-order valence-corrected chi connectivity index (χ4v) is 11.1. The summed E-state index contributed by atoms with van der Waals surface area (Å²) in [4.78, 5) is 30.3. The molecule has 0 bridgehead atoms. The summed E-state index contributed by atoms with van der Waals surface area (Å²) in [7, 11) is -9.16. The van der Waals surface area contributed by atoms with Gasteiger partial charge in [-0.2, -0.15) is 13.4 Å². The van der Waals surface area contributed by atoms with Crippen LogP contribution in [0.3, 0.4) is 0 Å². The molecule has 0 amide bonds. The van der Waals surface area contributed by atoms with E-state index in [1.54, 1.807) is 18.2 Å². The molecule has 1 aromatic heterocycles. The summed E-state index contributed by atoms with van der Waals surface area (Å²) in [5.74, 6) is -0.896. The zero-order chi connectivity index (χ0) is 47.8. The Morgan fingerprint density at radius 3 is 1.92 bits per heavy atom. The van der Waals surface area contributed by atoms with E-state index in [1.165, 1.54) is 16.8 Å². The Bertz CT molecular complexity index is 2230. The first kappa shape index (κ1) is 52.4. The predicted molar refractivity (Wildman–Crippen MR) is 254 cm³/mol. The van der Waals surface area contributed by atoms with E-state index in [-0.39, 0.29) is 63.1 Å². The van der Waals surface area contributed by atoms with Gasteiger partial charge in [-0.3, -0.25) is 14.7 Å². The van der Waals surface area contributed by atoms with Gasteiger partial charge in [-0.15, -0.1) is 0 Å². The predicted octanol–water partition coefficient (Wildman–Crippen LogP) is 11.9. The van der Waals surface area contributed by atoms with Crippen molar-refractivity contribution < 1.29 is 35.8 Å². The van der Waals surface area contributed by atoms with Gasteiger partial charge in [-0.25, -0.2) is 4.79 Å². The maximum absolute atomic E-state index is 14.7. The zero-order valence-electron chi connectivity index (χ0n) is 41.1. The Kier molecular flexibility index (Phi) is 16.4. The lowest BCUT2D eigenvalue weighted by Gasteiger charge is -2.40. The summed E-state index contributed by atoms with van der Waals surface area (Å²) in [5.41, 5.74) is 1.82. The molecular weight excluding hydrogens is 855 g/mol. The van der Waals surface area contributed by atoms with Crippen LogP contribution in [0.4, 0.5) is 5.69 Å². The van der Waals surface area contributed by atoms with Crippen LogP contribution >= 0.6 is 0 Å². The number of para-hydroxylation sites is 1. The minimum atomic E-state index is -4.60. The number of nitro benzene ring substituents is 1. The first-order chi connectivity index (χ1) is 28.8. The van der Waals surface area contributed by atoms with Crippen LogP contribution in [0.1, 0.15) is 161 Å². The van der Waals surface area contributed by atoms with Crippen LogP contribution in [0.25, 0.3) is 0 Å². The molecule has 1 fully saturated rings. The van der Waals surface area contributed by atoms with E-state index in [0.29, 0.717) is 23.1 Å². The van der Waals surface area contributed by atoms with E-state index in [1.807, 2.05) is 53.7 Å². The molecule has 0 spiro atoms. The molecule has 2 aromatic carbocycles. The highest BCUT2D eigenvalue weighted by Crippen LogP contribution is 2.43. The fraction of sp³-hybridized carbons (Fsp3) is 0.660. The molecule has 0 N–H and O–H groups in total. The lowest BCUT2D eigenvalue weighted by molar-refractivity contribution is -0.386. The molecular formula is C47H75N3O10SSi2. The average molecular weight is 930 g/mol. The van der Waals surface area contributed by atoms with Crippen LogP contribution in [0.15, 0.2) is 52.3 Å². The molecule has 0 aliphatic carbocycles. The van der Waals surface area contributed by atoms with Gasteiger partial charge >= 0.3 is 15.8 Å². The van der Waals surface area contributed by atoms with Gasteiger partial charge in [-0.05, 0) is 82.7 Å². The summed E-state index contributed by atoms with van der Waals surface area (Å²) in [6, 6.07) is 10.2. The Morgan fingerprint density at radius 1 is 0.873 bits per heavy atom. The Morgan fingerprint density at radius 2 is 1.43 bits per heavy atom. The van der Waals surface area contributed by atoms with Gasteiger partial charge in [0.1, 0.15) is 17.2 Å². The van der Waals surface area contributed by atoms with Crippen LogP contribution in [-0.2, 0) is 35.1 Å². The number of hydrogen-bond donors (Lipinski definition) is 0. The maximum Gasteiger partial charge on any atom is 0.353 e. The van der Waals surface area contributed by atoms with Gasteiger partial charge < -0.3 is 22.5 Å². The Hall–Kier alpha value is -3.26. The number of nitrogens with zero attached hydrogens (tertiary/aromatic N) is 3. The van der Waals surface area contributed by atoms with Gasteiger partial charge in [0, 0.05) is 18.7 Å². The molecule has 0 unspecified atom stereocenters. The van der Waals surface area contributed by atoms with Crippen LogP contribution in [-0.4, -0.2) is 58.3 Å². The molecule has 63 heavy (non-hydrogen) atoms. The van der Waals surface area contributed by atoms with E-state index in [9.17, 15) is 23.3 Å². The first-order valence-corrected chi connectivity index (χ1v) is 29.6. The minimum Gasteiger partial charge on any atom is -0.414 e. The molecule has 0 saturated carbocycles. The zero-order valence-corrected chi connectivity index (χ0v) is 43.9. The number of nitro groups is 1. The number of benzene rings is 2. The topological polar surface area (TPSA) is 158 Å².